The first-order valence-corrected chi connectivity index (χ1v) is 13.3. The molecule has 0 radical (unpaired) electrons. The van der Waals surface area contributed by atoms with E-state index in [4.69, 9.17) is 35.0 Å². The van der Waals surface area contributed by atoms with E-state index in [0.29, 0.717) is 0 Å². The number of aliphatic hydroxyl groups is 2. The molecule has 7 N–H and O–H groups in total. The van der Waals surface area contributed by atoms with Crippen LogP contribution in [0.15, 0.2) is 36.7 Å². The molecule has 4 unspecified atom stereocenters. The van der Waals surface area contributed by atoms with Gasteiger partial charge in [0.05, 0.1) is 20.0 Å². The van der Waals surface area contributed by atoms with Gasteiger partial charge in [0.25, 0.3) is 0 Å². The molecular formula is C22H32N7O8P. The number of aliphatic hydroxyl groups excluding tert-OH is 1. The molecule has 1 saturated heterocycles. The van der Waals surface area contributed by atoms with Crippen LogP contribution in [-0.4, -0.2) is 73.4 Å². The Morgan fingerprint density at radius 2 is 1.97 bits per heavy atom. The molecule has 0 spiro atoms. The molecule has 2 aromatic heterocycles. The molecule has 4 rings (SSSR count). The normalized spacial score (nSPS) is 26.7. The number of hydrogen-bond donors (Lipinski definition) is 5. The molecule has 3 aromatic rings. The van der Waals surface area contributed by atoms with Crippen LogP contribution in [0.2, 0.25) is 0 Å². The number of para-hydroxylation sites is 1. The van der Waals surface area contributed by atoms with Gasteiger partial charge in [0.2, 0.25) is 5.95 Å². The Morgan fingerprint density at radius 3 is 2.66 bits per heavy atom. The second-order valence-corrected chi connectivity index (χ2v) is 10.8. The monoisotopic (exact) mass is 553 g/mol. The van der Waals surface area contributed by atoms with Crippen molar-refractivity contribution in [2.75, 3.05) is 25.2 Å². The Bertz CT molecular complexity index is 1290. The summed E-state index contributed by atoms with van der Waals surface area (Å²) in [6.45, 7) is 4.38. The summed E-state index contributed by atoms with van der Waals surface area (Å²) in [6.07, 6.45) is -2.93. The van der Waals surface area contributed by atoms with Crippen LogP contribution < -0.4 is 21.1 Å². The van der Waals surface area contributed by atoms with Gasteiger partial charge in [-0.25, -0.2) is 24.4 Å². The van der Waals surface area contributed by atoms with Gasteiger partial charge >= 0.3 is 7.75 Å². The van der Waals surface area contributed by atoms with E-state index in [0.717, 1.165) is 0 Å². The third kappa shape index (κ3) is 5.75. The Balaban J connectivity index is 1.55. The first-order valence-electron chi connectivity index (χ1n) is 11.7. The predicted octanol–water partition coefficient (Wildman–Crippen LogP) is 1.15. The SMILES string of the molecule is COOC(C)[C@H](C)NP(=O)(OC[C@H]1O[C@@H](n2cnc3c(N)nc(N)nc32)C(C)(O)C1O)Oc1ccccc1. The van der Waals surface area contributed by atoms with Gasteiger partial charge in [0.15, 0.2) is 17.7 Å². The zero-order valence-electron chi connectivity index (χ0n) is 21.3. The summed E-state index contributed by atoms with van der Waals surface area (Å²) in [5, 5.41) is 24.9. The van der Waals surface area contributed by atoms with Gasteiger partial charge in [-0.3, -0.25) is 9.09 Å². The highest BCUT2D eigenvalue weighted by Gasteiger charge is 2.54. The van der Waals surface area contributed by atoms with E-state index in [9.17, 15) is 14.8 Å². The zero-order chi connectivity index (χ0) is 27.7. The summed E-state index contributed by atoms with van der Waals surface area (Å²) in [7, 11) is -2.70. The van der Waals surface area contributed by atoms with Gasteiger partial charge in [0.1, 0.15) is 35.2 Å². The Labute approximate surface area is 218 Å². The molecular weight excluding hydrogens is 521 g/mol. The second-order valence-electron chi connectivity index (χ2n) is 9.07. The van der Waals surface area contributed by atoms with Crippen LogP contribution >= 0.6 is 7.75 Å². The summed E-state index contributed by atoms with van der Waals surface area (Å²) in [6, 6.07) is 7.89. The van der Waals surface area contributed by atoms with Gasteiger partial charge in [0, 0.05) is 6.04 Å². The van der Waals surface area contributed by atoms with Crippen molar-refractivity contribution in [3.8, 4) is 5.75 Å². The van der Waals surface area contributed by atoms with Crippen LogP contribution in [0.25, 0.3) is 11.2 Å². The molecule has 0 aliphatic carbocycles. The molecule has 1 aliphatic rings. The highest BCUT2D eigenvalue weighted by Crippen LogP contribution is 2.47. The molecule has 1 fully saturated rings. The Hall–Kier alpha value is -2.88. The number of nitrogens with two attached hydrogens (primary N) is 2. The molecule has 208 valence electrons. The standard InChI is InChI=1S/C22H32N7O8P/c1-12(13(2)36-33-4)28-38(32,37-14-8-6-5-7-9-14)34-10-15-17(30)22(3,31)20(35-15)29-11-25-16-18(23)26-21(24)27-19(16)29/h5-9,11-13,15,17,20,30-31H,10H2,1-4H3,(H,28,32)(H4,23,24,26,27)/t12-,13?,15+,17?,20+,22?,38?/m0/s1. The van der Waals surface area contributed by atoms with Crippen molar-refractivity contribution in [3.05, 3.63) is 36.7 Å². The average molecular weight is 554 g/mol. The van der Waals surface area contributed by atoms with E-state index in [2.05, 4.69) is 20.0 Å². The van der Waals surface area contributed by atoms with Crippen LogP contribution in [0.3, 0.4) is 0 Å². The molecule has 3 heterocycles. The Morgan fingerprint density at radius 1 is 1.26 bits per heavy atom. The van der Waals surface area contributed by atoms with Crippen LogP contribution in [0.5, 0.6) is 5.75 Å². The predicted molar refractivity (Wildman–Crippen MR) is 135 cm³/mol. The number of nitrogens with one attached hydrogen (secondary N) is 1. The van der Waals surface area contributed by atoms with E-state index >= 15 is 0 Å². The quantitative estimate of drug-likeness (QED) is 0.128. The van der Waals surface area contributed by atoms with Gasteiger partial charge in [-0.15, -0.1) is 0 Å². The number of aromatic nitrogens is 4. The number of rotatable bonds is 11. The fourth-order valence-electron chi connectivity index (χ4n) is 3.98. The average Bonchev–Trinajstić information content (AvgIpc) is 3.37. The lowest BCUT2D eigenvalue weighted by Gasteiger charge is -2.28. The first-order chi connectivity index (χ1) is 17.9. The maximum Gasteiger partial charge on any atom is 0.459 e. The van der Waals surface area contributed by atoms with E-state index in [1.165, 1.54) is 24.9 Å². The fourth-order valence-corrected chi connectivity index (χ4v) is 5.61. The van der Waals surface area contributed by atoms with Gasteiger partial charge in [-0.2, -0.15) is 9.97 Å². The number of nitrogens with zero attached hydrogens (tertiary/aromatic N) is 4. The first kappa shape index (κ1) is 28.1. The van der Waals surface area contributed by atoms with Crippen molar-refractivity contribution < 1.29 is 38.3 Å². The zero-order valence-corrected chi connectivity index (χ0v) is 22.2. The summed E-state index contributed by atoms with van der Waals surface area (Å²) in [4.78, 5) is 22.0. The van der Waals surface area contributed by atoms with Crippen LogP contribution in [0.1, 0.15) is 27.0 Å². The molecule has 0 amide bonds. The molecule has 7 atom stereocenters. The van der Waals surface area contributed by atoms with E-state index in [-0.39, 0.29) is 28.7 Å². The van der Waals surface area contributed by atoms with Crippen LogP contribution in [-0.2, 0) is 23.6 Å². The summed E-state index contributed by atoms with van der Waals surface area (Å²) in [5.74, 6) is 0.240. The van der Waals surface area contributed by atoms with Crippen molar-refractivity contribution in [1.29, 1.82) is 0 Å². The lowest BCUT2D eigenvalue weighted by molar-refractivity contribution is -0.304. The number of nitrogen functional groups attached to an aromatic ring is 2. The smallest absolute Gasteiger partial charge is 0.413 e. The van der Waals surface area contributed by atoms with Crippen molar-refractivity contribution in [3.63, 3.8) is 0 Å². The molecule has 38 heavy (non-hydrogen) atoms. The molecule has 1 aromatic carbocycles. The van der Waals surface area contributed by atoms with Crippen molar-refractivity contribution in [1.82, 2.24) is 24.6 Å². The van der Waals surface area contributed by atoms with Gasteiger partial charge < -0.3 is 30.9 Å². The minimum absolute atomic E-state index is 0.0511. The third-order valence-corrected chi connectivity index (χ3v) is 7.83. The molecule has 1 aliphatic heterocycles. The fraction of sp³-hybridized carbons (Fsp3) is 0.500. The molecule has 0 bridgehead atoms. The molecule has 0 saturated carbocycles. The third-order valence-electron chi connectivity index (χ3n) is 6.16. The summed E-state index contributed by atoms with van der Waals surface area (Å²) < 4.78 is 32.5. The summed E-state index contributed by atoms with van der Waals surface area (Å²) >= 11 is 0. The Kier molecular flexibility index (Phi) is 8.20. The highest BCUT2D eigenvalue weighted by atomic mass is 31.2. The minimum Gasteiger partial charge on any atom is -0.413 e. The number of fused-ring (bicyclic) bond motifs is 1. The largest absolute Gasteiger partial charge is 0.459 e. The van der Waals surface area contributed by atoms with Gasteiger partial charge in [-0.05, 0) is 32.9 Å². The second kappa shape index (κ2) is 11.1. The molecule has 15 nitrogen and oxygen atoms in total. The number of anilines is 2. The lowest BCUT2D eigenvalue weighted by Crippen LogP contribution is -2.44. The van der Waals surface area contributed by atoms with E-state index in [1.54, 1.807) is 44.2 Å². The van der Waals surface area contributed by atoms with Crippen molar-refractivity contribution in [2.24, 2.45) is 0 Å². The number of benzene rings is 1. The number of imidazole rings is 1. The van der Waals surface area contributed by atoms with E-state index in [1.807, 2.05) is 0 Å². The minimum atomic E-state index is -4.06. The van der Waals surface area contributed by atoms with Crippen LogP contribution in [0, 0.1) is 0 Å². The number of hydrogen-bond acceptors (Lipinski definition) is 13. The van der Waals surface area contributed by atoms with E-state index < -0.39 is 50.5 Å². The lowest BCUT2D eigenvalue weighted by atomic mass is 9.96. The maximum absolute atomic E-state index is 13.8. The number of ether oxygens (including phenoxy) is 1. The summed E-state index contributed by atoms with van der Waals surface area (Å²) in [5.41, 5.74) is 10.2. The van der Waals surface area contributed by atoms with Crippen molar-refractivity contribution >= 4 is 30.7 Å². The van der Waals surface area contributed by atoms with Crippen molar-refractivity contribution in [2.45, 2.75) is 57.0 Å². The molecule has 16 heteroatoms. The van der Waals surface area contributed by atoms with Gasteiger partial charge in [-0.1, -0.05) is 18.2 Å². The maximum atomic E-state index is 13.8. The topological polar surface area (TPSA) is 211 Å². The highest BCUT2D eigenvalue weighted by molar-refractivity contribution is 7.52. The van der Waals surface area contributed by atoms with Crippen LogP contribution in [0.4, 0.5) is 11.8 Å².